The molecule has 1 aliphatic rings. The Morgan fingerprint density at radius 3 is 1.98 bits per heavy atom. The Labute approximate surface area is 302 Å². The SMILES string of the molecule is CC1(C)c2ccccc2-c2cc(-c3cc(-c4ccncc4)cc(-c4cc(-c5cccc6oc7ccccc7c56)nc(-c5ccccc5)n4)c3)ccc21. The first-order valence-electron chi connectivity index (χ1n) is 17.7. The zero-order valence-electron chi connectivity index (χ0n) is 28.8. The first-order valence-corrected chi connectivity index (χ1v) is 17.7. The molecule has 52 heavy (non-hydrogen) atoms. The van der Waals surface area contributed by atoms with E-state index in [-0.39, 0.29) is 5.41 Å². The average molecular weight is 668 g/mol. The van der Waals surface area contributed by atoms with Gasteiger partial charge in [-0.3, -0.25) is 4.98 Å². The summed E-state index contributed by atoms with van der Waals surface area (Å²) >= 11 is 0. The normalized spacial score (nSPS) is 13.0. The van der Waals surface area contributed by atoms with Gasteiger partial charge in [-0.15, -0.1) is 0 Å². The number of rotatable bonds is 5. The van der Waals surface area contributed by atoms with Crippen molar-refractivity contribution in [3.8, 4) is 67.3 Å². The van der Waals surface area contributed by atoms with E-state index in [1.54, 1.807) is 0 Å². The van der Waals surface area contributed by atoms with Crippen LogP contribution in [0.25, 0.3) is 89.2 Å². The van der Waals surface area contributed by atoms with E-state index in [1.165, 1.54) is 22.3 Å². The van der Waals surface area contributed by atoms with Gasteiger partial charge in [-0.2, -0.15) is 0 Å². The lowest BCUT2D eigenvalue weighted by molar-refractivity contribution is 0.660. The molecule has 0 saturated carbocycles. The van der Waals surface area contributed by atoms with Crippen LogP contribution in [0.5, 0.6) is 0 Å². The molecule has 3 heterocycles. The van der Waals surface area contributed by atoms with Gasteiger partial charge in [0, 0.05) is 45.3 Å². The van der Waals surface area contributed by atoms with Crippen LogP contribution in [0.1, 0.15) is 25.0 Å². The highest BCUT2D eigenvalue weighted by Crippen LogP contribution is 2.50. The second-order valence-corrected chi connectivity index (χ2v) is 14.1. The first kappa shape index (κ1) is 30.2. The molecule has 9 aromatic rings. The van der Waals surface area contributed by atoms with Crippen molar-refractivity contribution in [3.05, 3.63) is 175 Å². The molecule has 6 aromatic carbocycles. The fourth-order valence-electron chi connectivity index (χ4n) is 7.99. The van der Waals surface area contributed by atoms with E-state index >= 15 is 0 Å². The van der Waals surface area contributed by atoms with Crippen LogP contribution < -0.4 is 0 Å². The van der Waals surface area contributed by atoms with E-state index in [2.05, 4.69) is 128 Å². The molecule has 4 nitrogen and oxygen atoms in total. The Morgan fingerprint density at radius 2 is 1.12 bits per heavy atom. The summed E-state index contributed by atoms with van der Waals surface area (Å²) in [5.74, 6) is 0.671. The van der Waals surface area contributed by atoms with Crippen LogP contribution in [-0.2, 0) is 5.41 Å². The molecular formula is C48H33N3O. The zero-order chi connectivity index (χ0) is 34.8. The number of aromatic nitrogens is 3. The second kappa shape index (κ2) is 11.7. The van der Waals surface area contributed by atoms with Crippen molar-refractivity contribution in [1.29, 1.82) is 0 Å². The van der Waals surface area contributed by atoms with E-state index in [0.29, 0.717) is 5.82 Å². The van der Waals surface area contributed by atoms with Gasteiger partial charge in [0.05, 0.1) is 11.4 Å². The van der Waals surface area contributed by atoms with E-state index in [4.69, 9.17) is 14.4 Å². The van der Waals surface area contributed by atoms with Crippen molar-refractivity contribution >= 4 is 21.9 Å². The zero-order valence-corrected chi connectivity index (χ0v) is 28.8. The highest BCUT2D eigenvalue weighted by atomic mass is 16.3. The maximum Gasteiger partial charge on any atom is 0.160 e. The molecule has 0 fully saturated rings. The molecule has 10 rings (SSSR count). The minimum Gasteiger partial charge on any atom is -0.456 e. The molecule has 0 spiro atoms. The largest absolute Gasteiger partial charge is 0.456 e. The molecule has 0 saturated heterocycles. The van der Waals surface area contributed by atoms with Gasteiger partial charge in [-0.25, -0.2) is 9.97 Å². The quantitative estimate of drug-likeness (QED) is 0.183. The average Bonchev–Trinajstić information content (AvgIpc) is 3.70. The summed E-state index contributed by atoms with van der Waals surface area (Å²) in [7, 11) is 0. The Hall–Kier alpha value is -6.65. The third kappa shape index (κ3) is 4.87. The molecule has 0 N–H and O–H groups in total. The highest BCUT2D eigenvalue weighted by molar-refractivity contribution is 6.12. The van der Waals surface area contributed by atoms with Crippen LogP contribution in [0.3, 0.4) is 0 Å². The summed E-state index contributed by atoms with van der Waals surface area (Å²) in [6.07, 6.45) is 3.70. The van der Waals surface area contributed by atoms with Crippen LogP contribution in [-0.4, -0.2) is 15.0 Å². The van der Waals surface area contributed by atoms with E-state index in [1.807, 2.05) is 54.9 Å². The van der Waals surface area contributed by atoms with E-state index < -0.39 is 0 Å². The van der Waals surface area contributed by atoms with Gasteiger partial charge in [0.2, 0.25) is 0 Å². The molecule has 0 amide bonds. The number of hydrogen-bond acceptors (Lipinski definition) is 4. The maximum atomic E-state index is 6.29. The Kier molecular flexibility index (Phi) is 6.80. The monoisotopic (exact) mass is 667 g/mol. The van der Waals surface area contributed by atoms with Gasteiger partial charge in [-0.05, 0) is 99.1 Å². The van der Waals surface area contributed by atoms with Gasteiger partial charge in [0.1, 0.15) is 11.2 Å². The van der Waals surface area contributed by atoms with Crippen LogP contribution >= 0.6 is 0 Å². The minimum absolute atomic E-state index is 0.0527. The fourth-order valence-corrected chi connectivity index (χ4v) is 7.99. The molecular weight excluding hydrogens is 635 g/mol. The molecule has 4 heteroatoms. The first-order chi connectivity index (χ1) is 25.5. The highest BCUT2D eigenvalue weighted by Gasteiger charge is 2.35. The molecule has 246 valence electrons. The number of nitrogens with zero attached hydrogens (tertiary/aromatic N) is 3. The Bertz CT molecular complexity index is 2820. The third-order valence-electron chi connectivity index (χ3n) is 10.6. The van der Waals surface area contributed by atoms with Crippen LogP contribution in [0, 0.1) is 0 Å². The van der Waals surface area contributed by atoms with Crippen molar-refractivity contribution < 1.29 is 4.42 Å². The summed E-state index contributed by atoms with van der Waals surface area (Å²) in [5, 5.41) is 2.12. The number of fused-ring (bicyclic) bond motifs is 6. The predicted molar refractivity (Wildman–Crippen MR) is 212 cm³/mol. The number of hydrogen-bond donors (Lipinski definition) is 0. The Balaban J connectivity index is 1.21. The van der Waals surface area contributed by atoms with Gasteiger partial charge < -0.3 is 4.42 Å². The van der Waals surface area contributed by atoms with Crippen molar-refractivity contribution in [1.82, 2.24) is 15.0 Å². The summed E-state index contributed by atoms with van der Waals surface area (Å²) in [6, 6.07) is 53.4. The minimum atomic E-state index is -0.0527. The van der Waals surface area contributed by atoms with Gasteiger partial charge in [0.25, 0.3) is 0 Å². The van der Waals surface area contributed by atoms with Crippen molar-refractivity contribution in [2.24, 2.45) is 0 Å². The molecule has 0 radical (unpaired) electrons. The predicted octanol–water partition coefficient (Wildman–Crippen LogP) is 12.4. The van der Waals surface area contributed by atoms with Gasteiger partial charge in [0.15, 0.2) is 5.82 Å². The molecule has 0 bridgehead atoms. The lowest BCUT2D eigenvalue weighted by Crippen LogP contribution is -2.14. The molecule has 0 aliphatic heterocycles. The molecule has 1 aliphatic carbocycles. The number of pyridine rings is 1. The van der Waals surface area contributed by atoms with Gasteiger partial charge >= 0.3 is 0 Å². The fraction of sp³-hybridized carbons (Fsp3) is 0.0625. The molecule has 3 aromatic heterocycles. The Morgan fingerprint density at radius 1 is 0.442 bits per heavy atom. The third-order valence-corrected chi connectivity index (χ3v) is 10.6. The summed E-state index contributed by atoms with van der Waals surface area (Å²) in [6.45, 7) is 4.65. The summed E-state index contributed by atoms with van der Waals surface area (Å²) in [5.41, 5.74) is 16.1. The smallest absolute Gasteiger partial charge is 0.160 e. The van der Waals surface area contributed by atoms with Crippen LogP contribution in [0.4, 0.5) is 0 Å². The van der Waals surface area contributed by atoms with Crippen LogP contribution in [0.15, 0.2) is 168 Å². The molecule has 0 unspecified atom stereocenters. The second-order valence-electron chi connectivity index (χ2n) is 14.1. The maximum absolute atomic E-state index is 6.29. The van der Waals surface area contributed by atoms with E-state index in [9.17, 15) is 0 Å². The summed E-state index contributed by atoms with van der Waals surface area (Å²) in [4.78, 5) is 14.8. The number of benzene rings is 6. The topological polar surface area (TPSA) is 51.8 Å². The summed E-state index contributed by atoms with van der Waals surface area (Å²) < 4.78 is 6.29. The number of para-hydroxylation sites is 1. The van der Waals surface area contributed by atoms with Crippen molar-refractivity contribution in [3.63, 3.8) is 0 Å². The van der Waals surface area contributed by atoms with E-state index in [0.717, 1.165) is 72.3 Å². The van der Waals surface area contributed by atoms with Crippen molar-refractivity contribution in [2.75, 3.05) is 0 Å². The molecule has 0 atom stereocenters. The van der Waals surface area contributed by atoms with Crippen molar-refractivity contribution in [2.45, 2.75) is 19.3 Å². The lowest BCUT2D eigenvalue weighted by atomic mass is 9.82. The van der Waals surface area contributed by atoms with Gasteiger partial charge in [-0.1, -0.05) is 111 Å². The number of furan rings is 1. The standard InChI is InChI=1S/C48H33N3O/c1-48(2)40-16-8-6-13-36(40)39-28-32(19-20-41(39)48)34-25-33(30-21-23-49-24-22-30)26-35(27-34)42-29-43(51-47(50-42)31-11-4-3-5-12-31)37-15-10-18-45-46(37)38-14-7-9-17-44(38)52-45/h3-29H,1-2H3. The lowest BCUT2D eigenvalue weighted by Gasteiger charge is -2.21. The van der Waals surface area contributed by atoms with Crippen LogP contribution in [0.2, 0.25) is 0 Å².